The lowest BCUT2D eigenvalue weighted by atomic mass is 10.3. The van der Waals surface area contributed by atoms with Crippen LogP contribution in [0.15, 0.2) is 22.9 Å². The van der Waals surface area contributed by atoms with Crippen LogP contribution >= 0.6 is 38.5 Å². The Labute approximate surface area is 104 Å². The Morgan fingerprint density at radius 3 is 3.00 bits per heavy atom. The molecule has 0 spiro atoms. The molecule has 0 bridgehead atoms. The molecule has 0 aliphatic heterocycles. The minimum atomic E-state index is 0.703. The second-order valence-corrected chi connectivity index (χ2v) is 5.72. The van der Waals surface area contributed by atoms with Gasteiger partial charge in [-0.05, 0) is 57.4 Å². The first-order valence-corrected chi connectivity index (χ1v) is 6.44. The molecule has 0 amide bonds. The Hall–Kier alpha value is -0.100. The quantitative estimate of drug-likeness (QED) is 0.706. The van der Waals surface area contributed by atoms with E-state index in [0.717, 1.165) is 10.1 Å². The van der Waals surface area contributed by atoms with Gasteiger partial charge in [0, 0.05) is 31.9 Å². The van der Waals surface area contributed by atoms with Crippen molar-refractivity contribution < 1.29 is 0 Å². The molecule has 0 radical (unpaired) electrons. The molecule has 2 aromatic rings. The van der Waals surface area contributed by atoms with Gasteiger partial charge >= 0.3 is 0 Å². The minimum absolute atomic E-state index is 0.703. The van der Waals surface area contributed by atoms with E-state index in [-0.39, 0.29) is 0 Å². The highest BCUT2D eigenvalue weighted by atomic mass is 127. The minimum Gasteiger partial charge on any atom is -0.328 e. The highest BCUT2D eigenvalue weighted by Crippen LogP contribution is 2.38. The molecule has 0 atom stereocenters. The maximum Gasteiger partial charge on any atom is 0.141 e. The molecule has 4 heteroatoms. The van der Waals surface area contributed by atoms with E-state index in [1.165, 1.54) is 21.8 Å². The zero-order chi connectivity index (χ0) is 9.71. The van der Waals surface area contributed by atoms with Gasteiger partial charge in [0.1, 0.15) is 5.65 Å². The summed E-state index contributed by atoms with van der Waals surface area (Å²) in [7, 11) is 0. The first kappa shape index (κ1) is 9.15. The van der Waals surface area contributed by atoms with Crippen LogP contribution < -0.4 is 0 Å². The van der Waals surface area contributed by atoms with E-state index >= 15 is 0 Å². The van der Waals surface area contributed by atoms with Crippen molar-refractivity contribution in [3.8, 4) is 0 Å². The highest BCUT2D eigenvalue weighted by molar-refractivity contribution is 14.1. The van der Waals surface area contributed by atoms with Crippen LogP contribution in [0.2, 0.25) is 0 Å². The number of hydrogen-bond acceptors (Lipinski definition) is 1. The summed E-state index contributed by atoms with van der Waals surface area (Å²) < 4.78 is 4.65. The number of nitrogens with zero attached hydrogens (tertiary/aromatic N) is 2. The first-order valence-electron chi connectivity index (χ1n) is 4.57. The zero-order valence-electron chi connectivity index (χ0n) is 7.37. The summed E-state index contributed by atoms with van der Waals surface area (Å²) in [6, 6.07) is 2.85. The lowest BCUT2D eigenvalue weighted by molar-refractivity contribution is 0.765. The smallest absolute Gasteiger partial charge is 0.141 e. The van der Waals surface area contributed by atoms with Gasteiger partial charge in [-0.1, -0.05) is 0 Å². The number of aromatic nitrogens is 2. The molecular formula is C10H8BrIN2. The van der Waals surface area contributed by atoms with Crippen molar-refractivity contribution in [3.63, 3.8) is 0 Å². The second kappa shape index (κ2) is 3.20. The molecule has 1 saturated carbocycles. The number of fused-ring (bicyclic) bond motifs is 1. The second-order valence-electron chi connectivity index (χ2n) is 3.64. The average molecular weight is 363 g/mol. The third-order valence-electron chi connectivity index (χ3n) is 2.53. The van der Waals surface area contributed by atoms with Crippen molar-refractivity contribution in [2.45, 2.75) is 18.9 Å². The normalized spacial score (nSPS) is 16.4. The molecule has 2 aromatic heterocycles. The van der Waals surface area contributed by atoms with Gasteiger partial charge in [-0.3, -0.25) is 0 Å². The van der Waals surface area contributed by atoms with Crippen molar-refractivity contribution in [2.75, 3.05) is 0 Å². The molecule has 14 heavy (non-hydrogen) atoms. The molecule has 1 fully saturated rings. The van der Waals surface area contributed by atoms with Gasteiger partial charge in [0.15, 0.2) is 0 Å². The number of rotatable bonds is 1. The van der Waals surface area contributed by atoms with Gasteiger partial charge in [0.05, 0.1) is 0 Å². The Morgan fingerprint density at radius 2 is 2.29 bits per heavy atom. The highest BCUT2D eigenvalue weighted by Gasteiger charge is 2.25. The van der Waals surface area contributed by atoms with E-state index in [2.05, 4.69) is 60.3 Å². The van der Waals surface area contributed by atoms with Crippen LogP contribution in [0, 0.1) is 3.57 Å². The fourth-order valence-corrected chi connectivity index (χ4v) is 2.73. The van der Waals surface area contributed by atoms with E-state index in [0.29, 0.717) is 6.04 Å². The van der Waals surface area contributed by atoms with Crippen LogP contribution in [-0.4, -0.2) is 9.55 Å². The molecule has 72 valence electrons. The van der Waals surface area contributed by atoms with Crippen LogP contribution in [0.4, 0.5) is 0 Å². The largest absolute Gasteiger partial charge is 0.328 e. The van der Waals surface area contributed by atoms with E-state index < -0.39 is 0 Å². The number of hydrogen-bond donors (Lipinski definition) is 0. The van der Waals surface area contributed by atoms with Crippen LogP contribution in [-0.2, 0) is 0 Å². The molecule has 1 aliphatic carbocycles. The van der Waals surface area contributed by atoms with Gasteiger partial charge in [-0.15, -0.1) is 0 Å². The summed E-state index contributed by atoms with van der Waals surface area (Å²) in [4.78, 5) is 4.47. The molecule has 0 aromatic carbocycles. The molecular weight excluding hydrogens is 355 g/mol. The van der Waals surface area contributed by atoms with Gasteiger partial charge in [-0.25, -0.2) is 4.98 Å². The van der Waals surface area contributed by atoms with E-state index in [9.17, 15) is 0 Å². The van der Waals surface area contributed by atoms with Crippen LogP contribution in [0.5, 0.6) is 0 Å². The van der Waals surface area contributed by atoms with Crippen molar-refractivity contribution in [2.24, 2.45) is 0 Å². The number of pyridine rings is 1. The van der Waals surface area contributed by atoms with E-state index in [4.69, 9.17) is 0 Å². The summed E-state index contributed by atoms with van der Waals surface area (Å²) in [5.74, 6) is 0. The summed E-state index contributed by atoms with van der Waals surface area (Å²) in [6.45, 7) is 0. The molecule has 3 rings (SSSR count). The van der Waals surface area contributed by atoms with E-state index in [1.54, 1.807) is 0 Å². The molecule has 1 aliphatic rings. The van der Waals surface area contributed by atoms with Gasteiger partial charge in [0.2, 0.25) is 0 Å². The van der Waals surface area contributed by atoms with Gasteiger partial charge < -0.3 is 4.57 Å². The fourth-order valence-electron chi connectivity index (χ4n) is 1.70. The Morgan fingerprint density at radius 1 is 1.50 bits per heavy atom. The summed E-state index contributed by atoms with van der Waals surface area (Å²) in [5, 5.41) is 1.26. The third kappa shape index (κ3) is 1.39. The van der Waals surface area contributed by atoms with Crippen LogP contribution in [0.3, 0.4) is 0 Å². The van der Waals surface area contributed by atoms with Crippen LogP contribution in [0.25, 0.3) is 11.0 Å². The predicted molar refractivity (Wildman–Crippen MR) is 68.4 cm³/mol. The summed E-state index contributed by atoms with van der Waals surface area (Å²) >= 11 is 5.83. The summed E-state index contributed by atoms with van der Waals surface area (Å²) in [5.41, 5.74) is 1.13. The van der Waals surface area contributed by atoms with Crippen molar-refractivity contribution in [1.29, 1.82) is 0 Å². The van der Waals surface area contributed by atoms with Gasteiger partial charge in [-0.2, -0.15) is 0 Å². The third-order valence-corrected chi connectivity index (χ3v) is 3.82. The topological polar surface area (TPSA) is 17.8 Å². The maximum atomic E-state index is 4.47. The lowest BCUT2D eigenvalue weighted by Crippen LogP contribution is -1.92. The molecule has 0 N–H and O–H groups in total. The maximum absolute atomic E-state index is 4.47. The molecule has 0 saturated heterocycles. The van der Waals surface area contributed by atoms with Gasteiger partial charge in [0.25, 0.3) is 0 Å². The SMILES string of the molecule is Brc1cnc2c(c1)c(I)cn2C1CC1. The molecule has 0 unspecified atom stereocenters. The van der Waals surface area contributed by atoms with Crippen molar-refractivity contribution >= 4 is 49.6 Å². The molecule has 2 nitrogen and oxygen atoms in total. The Kier molecular flexibility index (Phi) is 2.09. The van der Waals surface area contributed by atoms with Crippen LogP contribution in [0.1, 0.15) is 18.9 Å². The predicted octanol–water partition coefficient (Wildman–Crippen LogP) is 3.74. The fraction of sp³-hybridized carbons (Fsp3) is 0.300. The Bertz CT molecular complexity index is 502. The standard InChI is InChI=1S/C10H8BrIN2/c11-6-3-8-9(12)5-14(7-1-2-7)10(8)13-4-6/h3-5,7H,1-2H2. The zero-order valence-corrected chi connectivity index (χ0v) is 11.1. The van der Waals surface area contributed by atoms with Crippen molar-refractivity contribution in [1.82, 2.24) is 9.55 Å². The number of halogens is 2. The molecule has 2 heterocycles. The van der Waals surface area contributed by atoms with Crippen molar-refractivity contribution in [3.05, 3.63) is 26.5 Å². The summed E-state index contributed by atoms with van der Waals surface area (Å²) in [6.07, 6.45) is 6.69. The first-order chi connectivity index (χ1) is 6.75. The Balaban J connectivity index is 2.32. The monoisotopic (exact) mass is 362 g/mol. The average Bonchev–Trinajstić information content (AvgIpc) is 2.94. The van der Waals surface area contributed by atoms with E-state index in [1.807, 2.05) is 6.20 Å². The lowest BCUT2D eigenvalue weighted by Gasteiger charge is -2.00.